The lowest BCUT2D eigenvalue weighted by atomic mass is 10.0. The van der Waals surface area contributed by atoms with Crippen LogP contribution >= 0.6 is 0 Å². The van der Waals surface area contributed by atoms with Crippen LogP contribution in [0.4, 0.5) is 0 Å². The number of ether oxygens (including phenoxy) is 2. The van der Waals surface area contributed by atoms with Crippen molar-refractivity contribution in [2.75, 3.05) is 13.2 Å². The molecule has 0 aliphatic carbocycles. The van der Waals surface area contributed by atoms with E-state index >= 15 is 0 Å². The monoisotopic (exact) mass is 765 g/mol. The highest BCUT2D eigenvalue weighted by Crippen LogP contribution is 2.17. The van der Waals surface area contributed by atoms with Crippen LogP contribution in [0.2, 0.25) is 0 Å². The minimum Gasteiger partial charge on any atom is -0.462 e. The molecule has 5 nitrogen and oxygen atoms in total. The number of carbonyl (C=O) groups excluding carboxylic acids is 2. The number of hydrogen-bond donors (Lipinski definition) is 1. The molecular formula is C49H96O5. The molecule has 0 aromatic rings. The Morgan fingerprint density at radius 1 is 0.352 bits per heavy atom. The van der Waals surface area contributed by atoms with E-state index in [4.69, 9.17) is 9.47 Å². The first-order valence-corrected chi connectivity index (χ1v) is 24.6. The zero-order chi connectivity index (χ0) is 39.3. The van der Waals surface area contributed by atoms with Gasteiger partial charge in [-0.1, -0.05) is 258 Å². The maximum atomic E-state index is 12.2. The Bertz CT molecular complexity index is 740. The minimum atomic E-state index is -0.762. The summed E-state index contributed by atoms with van der Waals surface area (Å²) in [5, 5.41) is 9.61. The summed E-state index contributed by atoms with van der Waals surface area (Å²) in [5.74, 6) is -0.567. The van der Waals surface area contributed by atoms with Crippen molar-refractivity contribution in [3.05, 3.63) is 0 Å². The molecule has 0 unspecified atom stereocenters. The SMILES string of the molecule is CCCCCCCCCCCCCCCCCCCCCCCCC(=O)OC[C@H](CO)OC(=O)CCCCCCCCCCCCCCCCCCCC. The van der Waals surface area contributed by atoms with E-state index in [0.717, 1.165) is 32.1 Å². The molecule has 0 aromatic heterocycles. The van der Waals surface area contributed by atoms with Gasteiger partial charge in [0.05, 0.1) is 6.61 Å². The fourth-order valence-corrected chi connectivity index (χ4v) is 7.68. The molecule has 0 rings (SSSR count). The molecule has 0 aromatic carbocycles. The molecule has 0 radical (unpaired) electrons. The van der Waals surface area contributed by atoms with Crippen LogP contribution in [-0.4, -0.2) is 36.4 Å². The predicted octanol–water partition coefficient (Wildman–Crippen LogP) is 15.9. The van der Waals surface area contributed by atoms with E-state index in [9.17, 15) is 14.7 Å². The number of esters is 2. The molecule has 1 atom stereocenters. The molecule has 0 saturated heterocycles. The second-order valence-corrected chi connectivity index (χ2v) is 16.9. The van der Waals surface area contributed by atoms with Crippen LogP contribution in [0.3, 0.4) is 0 Å². The van der Waals surface area contributed by atoms with Crippen molar-refractivity contribution < 1.29 is 24.2 Å². The normalized spacial score (nSPS) is 12.0. The molecular weight excluding hydrogens is 669 g/mol. The van der Waals surface area contributed by atoms with Gasteiger partial charge in [-0.2, -0.15) is 0 Å². The number of aliphatic hydroxyl groups is 1. The molecule has 54 heavy (non-hydrogen) atoms. The van der Waals surface area contributed by atoms with E-state index in [2.05, 4.69) is 13.8 Å². The van der Waals surface area contributed by atoms with Crippen LogP contribution in [0.5, 0.6) is 0 Å². The standard InChI is InChI=1S/C49H96O5/c1-3-5-7-9-11-13-15-17-19-21-23-24-25-26-28-29-31-33-35-37-39-41-43-48(51)53-46-47(45-50)54-49(52)44-42-40-38-36-34-32-30-27-22-20-18-16-14-12-10-8-6-4-2/h47,50H,3-46H2,1-2H3/t47-/m0/s1. The van der Waals surface area contributed by atoms with Gasteiger partial charge in [0.2, 0.25) is 0 Å². The molecule has 322 valence electrons. The summed E-state index contributed by atoms with van der Waals surface area (Å²) in [4.78, 5) is 24.4. The van der Waals surface area contributed by atoms with E-state index in [1.54, 1.807) is 0 Å². The third kappa shape index (κ3) is 43.6. The number of aliphatic hydroxyl groups excluding tert-OH is 1. The molecule has 0 spiro atoms. The van der Waals surface area contributed by atoms with Crippen molar-refractivity contribution in [1.82, 2.24) is 0 Å². The van der Waals surface area contributed by atoms with Crippen molar-refractivity contribution >= 4 is 11.9 Å². The van der Waals surface area contributed by atoms with Gasteiger partial charge in [-0.05, 0) is 12.8 Å². The minimum absolute atomic E-state index is 0.0560. The molecule has 0 saturated carbocycles. The average Bonchev–Trinajstić information content (AvgIpc) is 3.17. The lowest BCUT2D eigenvalue weighted by molar-refractivity contribution is -0.161. The average molecular weight is 765 g/mol. The number of unbranched alkanes of at least 4 members (excludes halogenated alkanes) is 38. The topological polar surface area (TPSA) is 72.8 Å². The van der Waals surface area contributed by atoms with Crippen molar-refractivity contribution in [2.45, 2.75) is 290 Å². The summed E-state index contributed by atoms with van der Waals surface area (Å²) < 4.78 is 10.7. The van der Waals surface area contributed by atoms with Crippen LogP contribution in [0.1, 0.15) is 284 Å². The summed E-state index contributed by atoms with van der Waals surface area (Å²) in [6.45, 7) is 4.19. The molecule has 1 N–H and O–H groups in total. The van der Waals surface area contributed by atoms with Gasteiger partial charge in [-0.25, -0.2) is 0 Å². The summed E-state index contributed by atoms with van der Waals surface area (Å²) in [5.41, 5.74) is 0. The molecule has 5 heteroatoms. The second kappa shape index (κ2) is 46.3. The first kappa shape index (κ1) is 52.9. The third-order valence-electron chi connectivity index (χ3n) is 11.4. The van der Waals surface area contributed by atoms with E-state index in [-0.39, 0.29) is 25.2 Å². The van der Waals surface area contributed by atoms with Gasteiger partial charge in [0.1, 0.15) is 6.61 Å². The predicted molar refractivity (Wildman–Crippen MR) is 233 cm³/mol. The van der Waals surface area contributed by atoms with Gasteiger partial charge in [0, 0.05) is 12.8 Å². The smallest absolute Gasteiger partial charge is 0.306 e. The van der Waals surface area contributed by atoms with Gasteiger partial charge >= 0.3 is 11.9 Å². The Morgan fingerprint density at radius 2 is 0.574 bits per heavy atom. The van der Waals surface area contributed by atoms with E-state index in [0.29, 0.717) is 12.8 Å². The van der Waals surface area contributed by atoms with Gasteiger partial charge < -0.3 is 14.6 Å². The van der Waals surface area contributed by atoms with Crippen LogP contribution in [0.15, 0.2) is 0 Å². The Balaban J connectivity index is 3.43. The van der Waals surface area contributed by atoms with Crippen molar-refractivity contribution in [1.29, 1.82) is 0 Å². The van der Waals surface area contributed by atoms with Crippen LogP contribution in [0.25, 0.3) is 0 Å². The van der Waals surface area contributed by atoms with Gasteiger partial charge in [0.25, 0.3) is 0 Å². The zero-order valence-electron chi connectivity index (χ0n) is 36.8. The molecule has 0 heterocycles. The molecule has 0 aliphatic heterocycles. The number of carbonyl (C=O) groups is 2. The van der Waals surface area contributed by atoms with Gasteiger partial charge in [-0.15, -0.1) is 0 Å². The largest absolute Gasteiger partial charge is 0.462 e. The highest BCUT2D eigenvalue weighted by molar-refractivity contribution is 5.70. The maximum absolute atomic E-state index is 12.2. The molecule has 0 amide bonds. The van der Waals surface area contributed by atoms with Gasteiger partial charge in [0.15, 0.2) is 6.10 Å². The summed E-state index contributed by atoms with van der Waals surface area (Å²) in [7, 11) is 0. The summed E-state index contributed by atoms with van der Waals surface area (Å²) in [6, 6.07) is 0. The highest BCUT2D eigenvalue weighted by atomic mass is 16.6. The Labute approximate surface area is 338 Å². The van der Waals surface area contributed by atoms with Crippen molar-refractivity contribution in [3.63, 3.8) is 0 Å². The summed E-state index contributed by atoms with van der Waals surface area (Å²) in [6.07, 6.45) is 53.4. The Kier molecular flexibility index (Phi) is 45.3. The molecule has 0 fully saturated rings. The first-order chi connectivity index (χ1) is 26.6. The fraction of sp³-hybridized carbons (Fsp3) is 0.959. The van der Waals surface area contributed by atoms with E-state index in [1.165, 1.54) is 225 Å². The number of rotatable bonds is 46. The Hall–Kier alpha value is -1.10. The highest BCUT2D eigenvalue weighted by Gasteiger charge is 2.16. The van der Waals surface area contributed by atoms with Crippen molar-refractivity contribution in [3.8, 4) is 0 Å². The van der Waals surface area contributed by atoms with E-state index < -0.39 is 6.10 Å². The maximum Gasteiger partial charge on any atom is 0.306 e. The molecule has 0 aliphatic rings. The number of hydrogen-bond acceptors (Lipinski definition) is 5. The lowest BCUT2D eigenvalue weighted by Gasteiger charge is -2.15. The van der Waals surface area contributed by atoms with Crippen LogP contribution in [-0.2, 0) is 19.1 Å². The van der Waals surface area contributed by atoms with E-state index in [1.807, 2.05) is 0 Å². The first-order valence-electron chi connectivity index (χ1n) is 24.6. The van der Waals surface area contributed by atoms with Gasteiger partial charge in [-0.3, -0.25) is 9.59 Å². The van der Waals surface area contributed by atoms with Crippen LogP contribution < -0.4 is 0 Å². The molecule has 0 bridgehead atoms. The fourth-order valence-electron chi connectivity index (χ4n) is 7.68. The second-order valence-electron chi connectivity index (χ2n) is 16.9. The quantitative estimate of drug-likeness (QED) is 0.0494. The Morgan fingerprint density at radius 3 is 0.815 bits per heavy atom. The van der Waals surface area contributed by atoms with Crippen LogP contribution in [0, 0.1) is 0 Å². The lowest BCUT2D eigenvalue weighted by Crippen LogP contribution is -2.28. The summed E-state index contributed by atoms with van der Waals surface area (Å²) >= 11 is 0. The van der Waals surface area contributed by atoms with Crippen molar-refractivity contribution in [2.24, 2.45) is 0 Å². The zero-order valence-corrected chi connectivity index (χ0v) is 36.8. The third-order valence-corrected chi connectivity index (χ3v) is 11.4.